The zero-order valence-corrected chi connectivity index (χ0v) is 14.5. The van der Waals surface area contributed by atoms with Crippen LogP contribution < -0.4 is 5.32 Å². The minimum absolute atomic E-state index is 0.144. The summed E-state index contributed by atoms with van der Waals surface area (Å²) in [6, 6.07) is 8.75. The predicted octanol–water partition coefficient (Wildman–Crippen LogP) is 2.98. The van der Waals surface area contributed by atoms with Gasteiger partial charge in [0.2, 0.25) is 11.8 Å². The van der Waals surface area contributed by atoms with Gasteiger partial charge >= 0.3 is 0 Å². The van der Waals surface area contributed by atoms with Crippen LogP contribution in [0, 0.1) is 6.92 Å². The van der Waals surface area contributed by atoms with Crippen molar-refractivity contribution in [2.24, 2.45) is 0 Å². The Morgan fingerprint density at radius 2 is 1.88 bits per heavy atom. The number of nitrogens with one attached hydrogen (secondary N) is 1. The number of nitrogens with zero attached hydrogens (tertiary/aromatic N) is 4. The van der Waals surface area contributed by atoms with E-state index in [9.17, 15) is 4.79 Å². The molecule has 0 spiro atoms. The summed E-state index contributed by atoms with van der Waals surface area (Å²) in [6.45, 7) is 3.87. The van der Waals surface area contributed by atoms with Gasteiger partial charge < -0.3 is 9.73 Å². The Morgan fingerprint density at radius 1 is 1.16 bits per heavy atom. The van der Waals surface area contributed by atoms with Crippen LogP contribution in [0.3, 0.4) is 0 Å². The van der Waals surface area contributed by atoms with Gasteiger partial charge in [-0.15, -0.1) is 10.2 Å². The minimum atomic E-state index is -0.336. The fourth-order valence-corrected chi connectivity index (χ4v) is 2.29. The van der Waals surface area contributed by atoms with Gasteiger partial charge in [-0.3, -0.25) is 4.79 Å². The number of hydrogen-bond acceptors (Lipinski definition) is 6. The molecule has 0 aliphatic rings. The second-order valence-corrected chi connectivity index (χ2v) is 5.79. The molecule has 3 rings (SSSR count). The summed E-state index contributed by atoms with van der Waals surface area (Å²) in [5, 5.41) is 11.1. The molecule has 7 nitrogen and oxygen atoms in total. The number of halogens is 1. The Morgan fingerprint density at radius 3 is 2.56 bits per heavy atom. The van der Waals surface area contributed by atoms with E-state index in [1.54, 1.807) is 18.2 Å². The molecule has 0 aliphatic heterocycles. The molecule has 2 aromatic heterocycles. The molecule has 0 bridgehead atoms. The molecule has 1 aromatic carbocycles. The molecular formula is C17H16ClN5O2. The van der Waals surface area contributed by atoms with Gasteiger partial charge in [-0.25, -0.2) is 9.97 Å². The van der Waals surface area contributed by atoms with Crippen molar-refractivity contribution in [1.82, 2.24) is 25.5 Å². The van der Waals surface area contributed by atoms with Gasteiger partial charge in [0, 0.05) is 22.7 Å². The third kappa shape index (κ3) is 4.19. The molecule has 0 radical (unpaired) electrons. The van der Waals surface area contributed by atoms with Crippen molar-refractivity contribution >= 4 is 17.5 Å². The van der Waals surface area contributed by atoms with Crippen LogP contribution in [0.1, 0.15) is 34.9 Å². The van der Waals surface area contributed by atoms with Crippen molar-refractivity contribution in [1.29, 1.82) is 0 Å². The Hall–Kier alpha value is -2.80. The monoisotopic (exact) mass is 357 g/mol. The Bertz CT molecular complexity index is 892. The fourth-order valence-electron chi connectivity index (χ4n) is 2.16. The summed E-state index contributed by atoms with van der Waals surface area (Å²) < 4.78 is 5.36. The average Bonchev–Trinajstić information content (AvgIpc) is 3.08. The van der Waals surface area contributed by atoms with E-state index in [0.29, 0.717) is 34.7 Å². The molecule has 0 aliphatic carbocycles. The molecule has 25 heavy (non-hydrogen) atoms. The molecule has 0 atom stereocenters. The normalized spacial score (nSPS) is 10.7. The molecule has 3 aromatic rings. The van der Waals surface area contributed by atoms with Crippen LogP contribution in [-0.4, -0.2) is 26.1 Å². The van der Waals surface area contributed by atoms with E-state index < -0.39 is 0 Å². The first-order valence-corrected chi connectivity index (χ1v) is 8.14. The van der Waals surface area contributed by atoms with Crippen LogP contribution in [0.4, 0.5) is 0 Å². The number of carbonyl (C=O) groups is 1. The third-order valence-corrected chi connectivity index (χ3v) is 3.65. The molecular weight excluding hydrogens is 342 g/mol. The van der Waals surface area contributed by atoms with E-state index in [-0.39, 0.29) is 18.1 Å². The Kier molecular flexibility index (Phi) is 5.04. The number of aryl methyl sites for hydroxylation is 2. The standard InChI is InChI=1S/C17H16ClN5O2/c1-3-14-22-23-15(25-14)9-19-17(24)13-8-10(2)20-16(21-13)11-4-6-12(18)7-5-11/h4-8H,3,9H2,1-2H3,(H,19,24). The molecule has 1 amide bonds. The fraction of sp³-hybridized carbons (Fsp3) is 0.235. The van der Waals surface area contributed by atoms with E-state index >= 15 is 0 Å². The summed E-state index contributed by atoms with van der Waals surface area (Å²) >= 11 is 5.90. The maximum absolute atomic E-state index is 12.4. The van der Waals surface area contributed by atoms with Crippen molar-refractivity contribution in [3.8, 4) is 11.4 Å². The Balaban J connectivity index is 1.76. The van der Waals surface area contributed by atoms with E-state index in [1.165, 1.54) is 0 Å². The molecule has 0 unspecified atom stereocenters. The zero-order chi connectivity index (χ0) is 17.8. The third-order valence-electron chi connectivity index (χ3n) is 3.40. The topological polar surface area (TPSA) is 93.8 Å². The van der Waals surface area contributed by atoms with E-state index in [0.717, 1.165) is 5.56 Å². The number of rotatable bonds is 5. The SMILES string of the molecule is CCc1nnc(CNC(=O)c2cc(C)nc(-c3ccc(Cl)cc3)n2)o1. The van der Waals surface area contributed by atoms with Crippen molar-refractivity contribution in [3.05, 3.63) is 58.5 Å². The van der Waals surface area contributed by atoms with Gasteiger partial charge in [-0.05, 0) is 37.3 Å². The largest absolute Gasteiger partial charge is 0.423 e. The van der Waals surface area contributed by atoms with Gasteiger partial charge in [-0.1, -0.05) is 18.5 Å². The second-order valence-electron chi connectivity index (χ2n) is 5.35. The lowest BCUT2D eigenvalue weighted by molar-refractivity contribution is 0.0942. The van der Waals surface area contributed by atoms with Crippen LogP contribution in [0.2, 0.25) is 5.02 Å². The van der Waals surface area contributed by atoms with Gasteiger partial charge in [0.05, 0.1) is 6.54 Å². The highest BCUT2D eigenvalue weighted by molar-refractivity contribution is 6.30. The maximum atomic E-state index is 12.4. The van der Waals surface area contributed by atoms with Gasteiger partial charge in [0.15, 0.2) is 5.82 Å². The van der Waals surface area contributed by atoms with Gasteiger partial charge in [0.1, 0.15) is 5.69 Å². The number of hydrogen-bond donors (Lipinski definition) is 1. The number of benzene rings is 1. The maximum Gasteiger partial charge on any atom is 0.270 e. The lowest BCUT2D eigenvalue weighted by Gasteiger charge is -2.06. The van der Waals surface area contributed by atoms with Gasteiger partial charge in [-0.2, -0.15) is 0 Å². The zero-order valence-electron chi connectivity index (χ0n) is 13.8. The van der Waals surface area contributed by atoms with Crippen molar-refractivity contribution in [2.75, 3.05) is 0 Å². The van der Waals surface area contributed by atoms with Crippen molar-refractivity contribution in [2.45, 2.75) is 26.8 Å². The average molecular weight is 358 g/mol. The molecule has 128 valence electrons. The molecule has 1 N–H and O–H groups in total. The molecule has 2 heterocycles. The van der Waals surface area contributed by atoms with E-state index in [1.807, 2.05) is 26.0 Å². The van der Waals surface area contributed by atoms with Gasteiger partial charge in [0.25, 0.3) is 5.91 Å². The summed E-state index contributed by atoms with van der Waals surface area (Å²) in [7, 11) is 0. The first-order chi connectivity index (χ1) is 12.0. The van der Waals surface area contributed by atoms with Crippen LogP contribution >= 0.6 is 11.6 Å². The van der Waals surface area contributed by atoms with E-state index in [2.05, 4.69) is 25.5 Å². The summed E-state index contributed by atoms with van der Waals surface area (Å²) in [5.41, 5.74) is 1.75. The lowest BCUT2D eigenvalue weighted by Crippen LogP contribution is -2.24. The summed E-state index contributed by atoms with van der Waals surface area (Å²) in [5.74, 6) is 1.02. The highest BCUT2D eigenvalue weighted by Crippen LogP contribution is 2.19. The van der Waals surface area contributed by atoms with Crippen LogP contribution in [0.5, 0.6) is 0 Å². The molecule has 0 fully saturated rings. The molecule has 0 saturated heterocycles. The first-order valence-electron chi connectivity index (χ1n) is 7.76. The number of aromatic nitrogens is 4. The number of amides is 1. The smallest absolute Gasteiger partial charge is 0.270 e. The summed E-state index contributed by atoms with van der Waals surface area (Å²) in [6.07, 6.45) is 0.649. The van der Waals surface area contributed by atoms with E-state index in [4.69, 9.17) is 16.0 Å². The van der Waals surface area contributed by atoms with Crippen LogP contribution in [-0.2, 0) is 13.0 Å². The minimum Gasteiger partial charge on any atom is -0.423 e. The first kappa shape index (κ1) is 17.0. The highest BCUT2D eigenvalue weighted by Gasteiger charge is 2.13. The number of carbonyl (C=O) groups excluding carboxylic acids is 1. The summed E-state index contributed by atoms with van der Waals surface area (Å²) in [4.78, 5) is 21.1. The molecule has 8 heteroatoms. The quantitative estimate of drug-likeness (QED) is 0.754. The Labute approximate surface area is 149 Å². The van der Waals surface area contributed by atoms with Crippen LogP contribution in [0.25, 0.3) is 11.4 Å². The molecule has 0 saturated carbocycles. The second kappa shape index (κ2) is 7.40. The highest BCUT2D eigenvalue weighted by atomic mass is 35.5. The van der Waals surface area contributed by atoms with Crippen LogP contribution in [0.15, 0.2) is 34.7 Å². The van der Waals surface area contributed by atoms with Crippen molar-refractivity contribution in [3.63, 3.8) is 0 Å². The predicted molar refractivity (Wildman–Crippen MR) is 92.1 cm³/mol. The van der Waals surface area contributed by atoms with Crippen molar-refractivity contribution < 1.29 is 9.21 Å². The lowest BCUT2D eigenvalue weighted by atomic mass is 10.2.